The summed E-state index contributed by atoms with van der Waals surface area (Å²) in [6.45, 7) is 2.04. The van der Waals surface area contributed by atoms with Crippen LogP contribution in [0.15, 0.2) is 12.3 Å². The molecule has 1 aliphatic heterocycles. The van der Waals surface area contributed by atoms with Crippen LogP contribution in [0, 0.1) is 11.7 Å². The summed E-state index contributed by atoms with van der Waals surface area (Å²) in [6.07, 6.45) is 1.97. The number of aromatic nitrogens is 1. The molecule has 1 aromatic heterocycles. The van der Waals surface area contributed by atoms with Gasteiger partial charge in [0.15, 0.2) is 0 Å². The quantitative estimate of drug-likeness (QED) is 0.879. The van der Waals surface area contributed by atoms with Gasteiger partial charge in [-0.25, -0.2) is 14.2 Å². The van der Waals surface area contributed by atoms with Crippen LogP contribution in [0.4, 0.5) is 10.2 Å². The molecule has 0 aliphatic carbocycles. The van der Waals surface area contributed by atoms with E-state index in [1.54, 1.807) is 7.11 Å². The zero-order chi connectivity index (χ0) is 13.1. The van der Waals surface area contributed by atoms with Crippen LogP contribution >= 0.6 is 0 Å². The lowest BCUT2D eigenvalue weighted by Crippen LogP contribution is -2.24. The highest BCUT2D eigenvalue weighted by Gasteiger charge is 2.26. The third-order valence-electron chi connectivity index (χ3n) is 3.05. The molecule has 1 atom stereocenters. The van der Waals surface area contributed by atoms with Gasteiger partial charge in [-0.3, -0.25) is 0 Å². The predicted molar refractivity (Wildman–Crippen MR) is 63.4 cm³/mol. The van der Waals surface area contributed by atoms with Gasteiger partial charge in [0.2, 0.25) is 0 Å². The molecular formula is C12H15FN2O3. The number of anilines is 1. The largest absolute Gasteiger partial charge is 0.478 e. The number of hydrogen-bond donors (Lipinski definition) is 1. The third-order valence-corrected chi connectivity index (χ3v) is 3.05. The number of ether oxygens (including phenoxy) is 1. The highest BCUT2D eigenvalue weighted by Crippen LogP contribution is 2.25. The Hall–Kier alpha value is -1.69. The van der Waals surface area contributed by atoms with Crippen molar-refractivity contribution in [3.8, 4) is 0 Å². The van der Waals surface area contributed by atoms with Crippen molar-refractivity contribution in [3.05, 3.63) is 23.6 Å². The lowest BCUT2D eigenvalue weighted by atomic mass is 10.1. The van der Waals surface area contributed by atoms with Crippen LogP contribution in [0.5, 0.6) is 0 Å². The molecule has 0 aromatic carbocycles. The second-order valence-corrected chi connectivity index (χ2v) is 4.39. The van der Waals surface area contributed by atoms with Gasteiger partial charge >= 0.3 is 5.97 Å². The molecule has 98 valence electrons. The Morgan fingerprint density at radius 1 is 1.72 bits per heavy atom. The van der Waals surface area contributed by atoms with Crippen molar-refractivity contribution < 1.29 is 19.0 Å². The fourth-order valence-corrected chi connectivity index (χ4v) is 2.24. The first-order chi connectivity index (χ1) is 8.61. The molecule has 0 saturated carbocycles. The number of carboxylic acid groups (broad SMARTS) is 1. The molecule has 2 rings (SSSR count). The molecule has 1 unspecified atom stereocenters. The van der Waals surface area contributed by atoms with Gasteiger partial charge < -0.3 is 14.7 Å². The highest BCUT2D eigenvalue weighted by atomic mass is 19.1. The standard InChI is InChI=1S/C12H15FN2O3/c1-18-7-8-2-3-15(6-8)11-10(12(16)17)4-9(13)5-14-11/h4-5,8H,2-3,6-7H2,1H3,(H,16,17). The monoisotopic (exact) mass is 254 g/mol. The van der Waals surface area contributed by atoms with Gasteiger partial charge in [0, 0.05) is 26.1 Å². The SMILES string of the molecule is COCC1CCN(c2ncc(F)cc2C(=O)O)C1. The Kier molecular flexibility index (Phi) is 3.76. The zero-order valence-corrected chi connectivity index (χ0v) is 10.1. The van der Waals surface area contributed by atoms with E-state index in [0.717, 1.165) is 18.7 Å². The van der Waals surface area contributed by atoms with E-state index >= 15 is 0 Å². The second kappa shape index (κ2) is 5.30. The number of halogens is 1. The van der Waals surface area contributed by atoms with E-state index in [9.17, 15) is 9.18 Å². The van der Waals surface area contributed by atoms with E-state index in [4.69, 9.17) is 9.84 Å². The number of carboxylic acids is 1. The van der Waals surface area contributed by atoms with Gasteiger partial charge in [0.05, 0.1) is 12.8 Å². The number of aromatic carboxylic acids is 1. The fourth-order valence-electron chi connectivity index (χ4n) is 2.24. The summed E-state index contributed by atoms with van der Waals surface area (Å²) in [5.74, 6) is -1.10. The molecule has 1 aliphatic rings. The van der Waals surface area contributed by atoms with E-state index in [-0.39, 0.29) is 5.56 Å². The fraction of sp³-hybridized carbons (Fsp3) is 0.500. The van der Waals surface area contributed by atoms with E-state index in [2.05, 4.69) is 4.98 Å². The molecule has 0 bridgehead atoms. The zero-order valence-electron chi connectivity index (χ0n) is 10.1. The van der Waals surface area contributed by atoms with E-state index in [0.29, 0.717) is 31.4 Å². The second-order valence-electron chi connectivity index (χ2n) is 4.39. The molecule has 5 nitrogen and oxygen atoms in total. The van der Waals surface area contributed by atoms with Crippen LogP contribution in [0.1, 0.15) is 16.8 Å². The maximum Gasteiger partial charge on any atom is 0.339 e. The van der Waals surface area contributed by atoms with E-state index < -0.39 is 11.8 Å². The normalized spacial score (nSPS) is 19.2. The van der Waals surface area contributed by atoms with Gasteiger partial charge in [-0.05, 0) is 12.5 Å². The van der Waals surface area contributed by atoms with Gasteiger partial charge in [0.25, 0.3) is 0 Å². The Morgan fingerprint density at radius 3 is 3.17 bits per heavy atom. The molecule has 6 heteroatoms. The van der Waals surface area contributed by atoms with Crippen LogP contribution in [-0.2, 0) is 4.74 Å². The van der Waals surface area contributed by atoms with Crippen molar-refractivity contribution in [2.24, 2.45) is 5.92 Å². The Morgan fingerprint density at radius 2 is 2.50 bits per heavy atom. The average Bonchev–Trinajstić information content (AvgIpc) is 2.78. The summed E-state index contributed by atoms with van der Waals surface area (Å²) >= 11 is 0. The molecule has 1 aromatic rings. The Labute approximate surface area is 104 Å². The summed E-state index contributed by atoms with van der Waals surface area (Å²) < 4.78 is 18.1. The summed E-state index contributed by atoms with van der Waals surface area (Å²) in [5.41, 5.74) is -0.0898. The van der Waals surface area contributed by atoms with Crippen molar-refractivity contribution in [1.82, 2.24) is 4.98 Å². The van der Waals surface area contributed by atoms with E-state index in [1.807, 2.05) is 4.90 Å². The lowest BCUT2D eigenvalue weighted by molar-refractivity contribution is 0.0696. The smallest absolute Gasteiger partial charge is 0.339 e. The van der Waals surface area contributed by atoms with Crippen LogP contribution in [0.25, 0.3) is 0 Å². The van der Waals surface area contributed by atoms with Crippen molar-refractivity contribution >= 4 is 11.8 Å². The molecule has 18 heavy (non-hydrogen) atoms. The van der Waals surface area contributed by atoms with Gasteiger partial charge in [-0.2, -0.15) is 0 Å². The number of carbonyl (C=O) groups is 1. The number of hydrogen-bond acceptors (Lipinski definition) is 4. The first-order valence-corrected chi connectivity index (χ1v) is 5.74. The number of methoxy groups -OCH3 is 1. The number of nitrogens with zero attached hydrogens (tertiary/aromatic N) is 2. The van der Waals surface area contributed by atoms with Crippen molar-refractivity contribution in [2.45, 2.75) is 6.42 Å². The molecular weight excluding hydrogens is 239 g/mol. The van der Waals surface area contributed by atoms with Gasteiger partial charge in [-0.1, -0.05) is 0 Å². The Bertz CT molecular complexity index is 453. The summed E-state index contributed by atoms with van der Waals surface area (Å²) in [6, 6.07) is 1.01. The van der Waals surface area contributed by atoms with E-state index in [1.165, 1.54) is 0 Å². The van der Waals surface area contributed by atoms with Crippen LogP contribution in [0.2, 0.25) is 0 Å². The van der Waals surface area contributed by atoms with Gasteiger partial charge in [0.1, 0.15) is 17.2 Å². The predicted octanol–water partition coefficient (Wildman–Crippen LogP) is 1.39. The van der Waals surface area contributed by atoms with Crippen LogP contribution in [-0.4, -0.2) is 42.9 Å². The summed E-state index contributed by atoms with van der Waals surface area (Å²) in [5, 5.41) is 9.06. The van der Waals surface area contributed by atoms with Crippen LogP contribution < -0.4 is 4.90 Å². The lowest BCUT2D eigenvalue weighted by Gasteiger charge is -2.19. The maximum absolute atomic E-state index is 13.0. The molecule has 2 heterocycles. The molecule has 1 saturated heterocycles. The molecule has 1 N–H and O–H groups in total. The molecule has 0 radical (unpaired) electrons. The summed E-state index contributed by atoms with van der Waals surface area (Å²) in [7, 11) is 1.64. The number of pyridine rings is 1. The Balaban J connectivity index is 2.21. The first-order valence-electron chi connectivity index (χ1n) is 5.74. The topological polar surface area (TPSA) is 62.7 Å². The first kappa shape index (κ1) is 12.8. The minimum atomic E-state index is -1.16. The van der Waals surface area contributed by atoms with Crippen molar-refractivity contribution in [2.75, 3.05) is 31.7 Å². The highest BCUT2D eigenvalue weighted by molar-refractivity contribution is 5.93. The maximum atomic E-state index is 13.0. The van der Waals surface area contributed by atoms with Crippen LogP contribution in [0.3, 0.4) is 0 Å². The minimum absolute atomic E-state index is 0.0898. The molecule has 0 amide bonds. The summed E-state index contributed by atoms with van der Waals surface area (Å²) in [4.78, 5) is 16.9. The molecule has 0 spiro atoms. The number of rotatable bonds is 4. The van der Waals surface area contributed by atoms with Crippen molar-refractivity contribution in [3.63, 3.8) is 0 Å². The van der Waals surface area contributed by atoms with Gasteiger partial charge in [-0.15, -0.1) is 0 Å². The minimum Gasteiger partial charge on any atom is -0.478 e. The average molecular weight is 254 g/mol. The third kappa shape index (κ3) is 2.59. The van der Waals surface area contributed by atoms with Crippen molar-refractivity contribution in [1.29, 1.82) is 0 Å². The molecule has 1 fully saturated rings.